The number of carboxylic acid groups (broad SMARTS) is 1. The van der Waals surface area contributed by atoms with Crippen LogP contribution in [0.2, 0.25) is 0 Å². The van der Waals surface area contributed by atoms with Gasteiger partial charge in [-0.25, -0.2) is 0 Å². The molecule has 0 aromatic carbocycles. The van der Waals surface area contributed by atoms with Gasteiger partial charge in [0.2, 0.25) is 0 Å². The monoisotopic (exact) mass is 203 g/mol. The topological polar surface area (TPSA) is 89.1 Å². The molecule has 0 radical (unpaired) electrons. The van der Waals surface area contributed by atoms with Crippen molar-refractivity contribution in [2.45, 2.75) is 6.04 Å². The number of hydrogen-bond acceptors (Lipinski definition) is 4. The van der Waals surface area contributed by atoms with Crippen LogP contribution in [0.1, 0.15) is 11.6 Å². The largest absolute Gasteiger partial charge is 0.480 e. The molecule has 0 aliphatic carbocycles. The van der Waals surface area contributed by atoms with Crippen LogP contribution in [-0.4, -0.2) is 21.0 Å². The van der Waals surface area contributed by atoms with Crippen molar-refractivity contribution in [2.24, 2.45) is 5.73 Å². The fraction of sp³-hybridized carbons (Fsp3) is 0.100. The van der Waals surface area contributed by atoms with Crippen molar-refractivity contribution < 1.29 is 9.90 Å². The predicted octanol–water partition coefficient (Wildman–Crippen LogP) is 0.714. The van der Waals surface area contributed by atoms with E-state index in [2.05, 4.69) is 9.97 Å². The molecule has 5 nitrogen and oxygen atoms in total. The molecule has 2 rings (SSSR count). The van der Waals surface area contributed by atoms with Gasteiger partial charge in [-0.15, -0.1) is 0 Å². The van der Waals surface area contributed by atoms with Crippen LogP contribution in [0, 0.1) is 0 Å². The highest BCUT2D eigenvalue weighted by Crippen LogP contribution is 2.15. The second-order valence-electron chi connectivity index (χ2n) is 3.15. The summed E-state index contributed by atoms with van der Waals surface area (Å²) in [7, 11) is 0. The first kappa shape index (κ1) is 9.54. The van der Waals surface area contributed by atoms with Crippen molar-refractivity contribution in [3.05, 3.63) is 36.3 Å². The van der Waals surface area contributed by atoms with E-state index >= 15 is 0 Å². The maximum atomic E-state index is 10.7. The van der Waals surface area contributed by atoms with Gasteiger partial charge < -0.3 is 10.8 Å². The lowest BCUT2D eigenvalue weighted by molar-refractivity contribution is -0.138. The van der Waals surface area contributed by atoms with Crippen molar-refractivity contribution in [3.8, 4) is 0 Å². The molecule has 0 fully saturated rings. The lowest BCUT2D eigenvalue weighted by Crippen LogP contribution is -2.20. The first-order valence-electron chi connectivity index (χ1n) is 4.36. The van der Waals surface area contributed by atoms with Crippen LogP contribution in [0.4, 0.5) is 0 Å². The van der Waals surface area contributed by atoms with Crippen LogP contribution < -0.4 is 5.73 Å². The third kappa shape index (κ3) is 1.77. The Morgan fingerprint density at radius 1 is 1.47 bits per heavy atom. The van der Waals surface area contributed by atoms with Gasteiger partial charge in [-0.2, -0.15) is 0 Å². The third-order valence-corrected chi connectivity index (χ3v) is 2.13. The highest BCUT2D eigenvalue weighted by molar-refractivity contribution is 5.81. The van der Waals surface area contributed by atoms with Crippen molar-refractivity contribution in [1.82, 2.24) is 9.97 Å². The summed E-state index contributed by atoms with van der Waals surface area (Å²) in [6.07, 6.45) is 4.70. The average molecular weight is 203 g/mol. The van der Waals surface area contributed by atoms with Gasteiger partial charge in [0.15, 0.2) is 0 Å². The molecule has 1 atom stereocenters. The molecule has 2 aromatic rings. The summed E-state index contributed by atoms with van der Waals surface area (Å²) in [6, 6.07) is 2.44. The Balaban J connectivity index is 2.51. The Labute approximate surface area is 85.6 Å². The van der Waals surface area contributed by atoms with Gasteiger partial charge in [-0.05, 0) is 17.7 Å². The zero-order valence-corrected chi connectivity index (χ0v) is 7.79. The van der Waals surface area contributed by atoms with Crippen LogP contribution in [0.5, 0.6) is 0 Å². The van der Waals surface area contributed by atoms with Gasteiger partial charge in [0.25, 0.3) is 0 Å². The second kappa shape index (κ2) is 3.62. The molecule has 76 valence electrons. The number of nitrogens with zero attached hydrogens (tertiary/aromatic N) is 2. The lowest BCUT2D eigenvalue weighted by Gasteiger charge is -2.06. The van der Waals surface area contributed by atoms with Crippen molar-refractivity contribution in [1.29, 1.82) is 0 Å². The average Bonchev–Trinajstić information content (AvgIpc) is 2.27. The normalized spacial score (nSPS) is 12.6. The molecule has 0 aliphatic heterocycles. The Morgan fingerprint density at radius 3 is 3.00 bits per heavy atom. The summed E-state index contributed by atoms with van der Waals surface area (Å²) >= 11 is 0. The first-order valence-corrected chi connectivity index (χ1v) is 4.36. The minimum Gasteiger partial charge on any atom is -0.480 e. The van der Waals surface area contributed by atoms with E-state index in [1.165, 1.54) is 6.20 Å². The minimum absolute atomic E-state index is 0.487. The molecule has 0 spiro atoms. The van der Waals surface area contributed by atoms with Crippen LogP contribution in [-0.2, 0) is 4.79 Å². The highest BCUT2D eigenvalue weighted by Gasteiger charge is 2.14. The Morgan fingerprint density at radius 2 is 2.27 bits per heavy atom. The number of aromatic nitrogens is 2. The van der Waals surface area contributed by atoms with E-state index in [-0.39, 0.29) is 0 Å². The first-order chi connectivity index (χ1) is 7.18. The van der Waals surface area contributed by atoms with Crippen LogP contribution >= 0.6 is 0 Å². The minimum atomic E-state index is -1.06. The fourth-order valence-electron chi connectivity index (χ4n) is 1.30. The molecule has 3 N–H and O–H groups in total. The Bertz CT molecular complexity index is 513. The van der Waals surface area contributed by atoms with E-state index in [4.69, 9.17) is 10.8 Å². The molecule has 0 bridgehead atoms. The Hall–Kier alpha value is -2.01. The molecule has 2 heterocycles. The van der Waals surface area contributed by atoms with E-state index in [0.717, 1.165) is 10.9 Å². The van der Waals surface area contributed by atoms with E-state index in [9.17, 15) is 4.79 Å². The summed E-state index contributed by atoms with van der Waals surface area (Å²) in [5.74, 6) is -1.06. The molecular formula is C10H9N3O2. The zero-order valence-electron chi connectivity index (χ0n) is 7.79. The van der Waals surface area contributed by atoms with Gasteiger partial charge >= 0.3 is 5.97 Å². The molecule has 0 amide bonds. The number of pyridine rings is 2. The number of nitrogens with two attached hydrogens (primary N) is 1. The highest BCUT2D eigenvalue weighted by atomic mass is 16.4. The van der Waals surface area contributed by atoms with Gasteiger partial charge in [0.1, 0.15) is 6.04 Å². The molecule has 5 heteroatoms. The van der Waals surface area contributed by atoms with Crippen LogP contribution in [0.15, 0.2) is 30.7 Å². The number of aliphatic carboxylic acids is 1. The summed E-state index contributed by atoms with van der Waals surface area (Å²) < 4.78 is 0. The summed E-state index contributed by atoms with van der Waals surface area (Å²) in [5, 5.41) is 9.57. The molecule has 0 saturated heterocycles. The number of carbonyl (C=O) groups is 1. The predicted molar refractivity (Wildman–Crippen MR) is 54.1 cm³/mol. The number of rotatable bonds is 2. The van der Waals surface area contributed by atoms with E-state index in [1.54, 1.807) is 24.5 Å². The second-order valence-corrected chi connectivity index (χ2v) is 3.15. The maximum absolute atomic E-state index is 10.7. The number of hydrogen-bond donors (Lipinski definition) is 2. The van der Waals surface area contributed by atoms with Gasteiger partial charge in [-0.3, -0.25) is 14.8 Å². The zero-order chi connectivity index (χ0) is 10.8. The molecule has 1 unspecified atom stereocenters. The summed E-state index contributed by atoms with van der Waals surface area (Å²) in [4.78, 5) is 18.7. The van der Waals surface area contributed by atoms with E-state index in [0.29, 0.717) is 5.56 Å². The standard InChI is InChI=1S/C10H9N3O2/c11-9(10(14)15)7-3-6-1-2-12-5-8(6)13-4-7/h1-5,9H,11H2,(H,14,15). The number of carboxylic acids is 1. The van der Waals surface area contributed by atoms with Crippen molar-refractivity contribution in [2.75, 3.05) is 0 Å². The molecule has 0 saturated carbocycles. The van der Waals surface area contributed by atoms with Gasteiger partial charge in [-0.1, -0.05) is 0 Å². The van der Waals surface area contributed by atoms with E-state index < -0.39 is 12.0 Å². The summed E-state index contributed by atoms with van der Waals surface area (Å²) in [5.41, 5.74) is 6.68. The number of fused-ring (bicyclic) bond motifs is 1. The smallest absolute Gasteiger partial charge is 0.325 e. The summed E-state index contributed by atoms with van der Waals surface area (Å²) in [6.45, 7) is 0. The quantitative estimate of drug-likeness (QED) is 0.750. The lowest BCUT2D eigenvalue weighted by atomic mass is 10.1. The Kier molecular flexibility index (Phi) is 2.31. The maximum Gasteiger partial charge on any atom is 0.325 e. The van der Waals surface area contributed by atoms with Crippen molar-refractivity contribution in [3.63, 3.8) is 0 Å². The molecule has 0 aliphatic rings. The van der Waals surface area contributed by atoms with Gasteiger partial charge in [0.05, 0.1) is 11.7 Å². The molecule has 15 heavy (non-hydrogen) atoms. The third-order valence-electron chi connectivity index (χ3n) is 2.13. The molecule has 2 aromatic heterocycles. The SMILES string of the molecule is NC(C(=O)O)c1cnc2cnccc2c1. The van der Waals surface area contributed by atoms with E-state index in [1.807, 2.05) is 0 Å². The fourth-order valence-corrected chi connectivity index (χ4v) is 1.30. The molecular weight excluding hydrogens is 194 g/mol. The van der Waals surface area contributed by atoms with Crippen molar-refractivity contribution >= 4 is 16.9 Å². The van der Waals surface area contributed by atoms with Crippen LogP contribution in [0.3, 0.4) is 0 Å². The van der Waals surface area contributed by atoms with Crippen LogP contribution in [0.25, 0.3) is 10.9 Å². The van der Waals surface area contributed by atoms with Gasteiger partial charge in [0, 0.05) is 17.8 Å².